The molecule has 2 rings (SSSR count). The summed E-state index contributed by atoms with van der Waals surface area (Å²) in [6.45, 7) is 2.75. The fourth-order valence-corrected chi connectivity index (χ4v) is 2.24. The summed E-state index contributed by atoms with van der Waals surface area (Å²) in [5.74, 6) is 0.694. The Hall–Kier alpha value is -3.09. The van der Waals surface area contributed by atoms with Gasteiger partial charge in [-0.2, -0.15) is 0 Å². The summed E-state index contributed by atoms with van der Waals surface area (Å²) in [5.41, 5.74) is 1.83. The summed E-state index contributed by atoms with van der Waals surface area (Å²) in [6, 6.07) is 8.51. The lowest BCUT2D eigenvalue weighted by molar-refractivity contribution is 0.0951. The Balaban J connectivity index is 1.76. The maximum Gasteiger partial charge on any atom is 0.252 e. The van der Waals surface area contributed by atoms with Crippen LogP contribution >= 0.6 is 0 Å². The molecular formula is C19H23N3O4. The summed E-state index contributed by atoms with van der Waals surface area (Å²) in [6.07, 6.45) is 2.15. The Morgan fingerprint density at radius 2 is 1.50 bits per heavy atom. The fraction of sp³-hybridized carbons (Fsp3) is 0.316. The van der Waals surface area contributed by atoms with Gasteiger partial charge in [0.05, 0.1) is 19.8 Å². The van der Waals surface area contributed by atoms with Gasteiger partial charge in [-0.3, -0.25) is 14.6 Å². The smallest absolute Gasteiger partial charge is 0.252 e. The van der Waals surface area contributed by atoms with Crippen LogP contribution in [-0.4, -0.2) is 44.1 Å². The molecule has 0 bridgehead atoms. The predicted molar refractivity (Wildman–Crippen MR) is 97.8 cm³/mol. The third-order valence-electron chi connectivity index (χ3n) is 3.71. The lowest BCUT2D eigenvalue weighted by Gasteiger charge is -2.10. The van der Waals surface area contributed by atoms with Crippen LogP contribution in [0.3, 0.4) is 0 Å². The third-order valence-corrected chi connectivity index (χ3v) is 3.71. The number of carbonyl (C=O) groups is 2. The zero-order chi connectivity index (χ0) is 18.9. The van der Waals surface area contributed by atoms with Crippen molar-refractivity contribution in [2.24, 2.45) is 0 Å². The summed E-state index contributed by atoms with van der Waals surface area (Å²) >= 11 is 0. The number of pyridine rings is 1. The van der Waals surface area contributed by atoms with E-state index in [9.17, 15) is 9.59 Å². The quantitative estimate of drug-likeness (QED) is 0.705. The fourth-order valence-electron chi connectivity index (χ4n) is 2.24. The average Bonchev–Trinajstić information content (AvgIpc) is 2.67. The maximum atomic E-state index is 12.2. The lowest BCUT2D eigenvalue weighted by Crippen LogP contribution is -2.30. The van der Waals surface area contributed by atoms with Gasteiger partial charge in [0.15, 0.2) is 0 Å². The minimum absolute atomic E-state index is 0.179. The standard InChI is InChI=1S/C19H23N3O4/c1-13-5-6-14(12-22-13)18(23)20-7-4-8-21-19(24)15-9-16(25-2)11-17(10-15)26-3/h5-6,9-12H,4,7-8H2,1-3H3,(H,20,23)(H,21,24). The highest BCUT2D eigenvalue weighted by molar-refractivity contribution is 5.95. The van der Waals surface area contributed by atoms with Crippen molar-refractivity contribution in [1.82, 2.24) is 15.6 Å². The normalized spacial score (nSPS) is 10.1. The van der Waals surface area contributed by atoms with E-state index in [4.69, 9.17) is 9.47 Å². The van der Waals surface area contributed by atoms with Crippen LogP contribution < -0.4 is 20.1 Å². The van der Waals surface area contributed by atoms with Crippen LogP contribution in [0.1, 0.15) is 32.8 Å². The first-order valence-corrected chi connectivity index (χ1v) is 8.25. The number of hydrogen-bond acceptors (Lipinski definition) is 5. The van der Waals surface area contributed by atoms with Gasteiger partial charge in [-0.1, -0.05) is 0 Å². The van der Waals surface area contributed by atoms with Gasteiger partial charge in [-0.15, -0.1) is 0 Å². The molecule has 1 aromatic carbocycles. The number of amides is 2. The highest BCUT2D eigenvalue weighted by Crippen LogP contribution is 2.22. The minimum Gasteiger partial charge on any atom is -0.497 e. The van der Waals surface area contributed by atoms with Gasteiger partial charge in [0.2, 0.25) is 0 Å². The number of aryl methyl sites for hydroxylation is 1. The van der Waals surface area contributed by atoms with Crippen molar-refractivity contribution < 1.29 is 19.1 Å². The summed E-state index contributed by atoms with van der Waals surface area (Å²) < 4.78 is 10.3. The largest absolute Gasteiger partial charge is 0.497 e. The van der Waals surface area contributed by atoms with Crippen LogP contribution in [0.5, 0.6) is 11.5 Å². The molecule has 0 aliphatic heterocycles. The van der Waals surface area contributed by atoms with Gasteiger partial charge in [0.25, 0.3) is 11.8 Å². The molecule has 0 spiro atoms. The van der Waals surface area contributed by atoms with Gasteiger partial charge in [-0.05, 0) is 37.6 Å². The third kappa shape index (κ3) is 5.47. The molecule has 1 aromatic heterocycles. The second-order valence-corrected chi connectivity index (χ2v) is 5.65. The number of ether oxygens (including phenoxy) is 2. The molecule has 2 amide bonds. The molecule has 2 N–H and O–H groups in total. The summed E-state index contributed by atoms with van der Waals surface area (Å²) in [4.78, 5) is 28.3. The zero-order valence-corrected chi connectivity index (χ0v) is 15.2. The number of rotatable bonds is 8. The number of nitrogens with one attached hydrogen (secondary N) is 2. The van der Waals surface area contributed by atoms with Crippen molar-refractivity contribution in [2.75, 3.05) is 27.3 Å². The first-order chi connectivity index (χ1) is 12.5. The van der Waals surface area contributed by atoms with Crippen molar-refractivity contribution in [3.05, 3.63) is 53.3 Å². The molecule has 0 fully saturated rings. The molecule has 138 valence electrons. The van der Waals surface area contributed by atoms with Gasteiger partial charge >= 0.3 is 0 Å². The van der Waals surface area contributed by atoms with Gasteiger partial charge in [0.1, 0.15) is 11.5 Å². The van der Waals surface area contributed by atoms with Crippen LogP contribution in [0.15, 0.2) is 36.5 Å². The molecule has 0 unspecified atom stereocenters. The molecule has 0 atom stereocenters. The number of aromatic nitrogens is 1. The number of methoxy groups -OCH3 is 2. The van der Waals surface area contributed by atoms with Crippen molar-refractivity contribution in [2.45, 2.75) is 13.3 Å². The average molecular weight is 357 g/mol. The molecule has 7 nitrogen and oxygen atoms in total. The molecule has 0 saturated carbocycles. The highest BCUT2D eigenvalue weighted by Gasteiger charge is 2.10. The topological polar surface area (TPSA) is 89.5 Å². The summed E-state index contributed by atoms with van der Waals surface area (Å²) in [5, 5.41) is 5.61. The van der Waals surface area contributed by atoms with Gasteiger partial charge in [-0.25, -0.2) is 0 Å². The minimum atomic E-state index is -0.226. The van der Waals surface area contributed by atoms with Crippen molar-refractivity contribution >= 4 is 11.8 Å². The molecule has 26 heavy (non-hydrogen) atoms. The van der Waals surface area contributed by atoms with E-state index in [2.05, 4.69) is 15.6 Å². The lowest BCUT2D eigenvalue weighted by atomic mass is 10.2. The molecule has 0 aliphatic carbocycles. The Morgan fingerprint density at radius 1 is 0.923 bits per heavy atom. The van der Waals surface area contributed by atoms with Crippen LogP contribution in [0.4, 0.5) is 0 Å². The second-order valence-electron chi connectivity index (χ2n) is 5.65. The molecule has 0 saturated heterocycles. The van der Waals surface area contributed by atoms with E-state index < -0.39 is 0 Å². The van der Waals surface area contributed by atoms with Gasteiger partial charge in [0, 0.05) is 36.6 Å². The molecule has 0 aliphatic rings. The highest BCUT2D eigenvalue weighted by atomic mass is 16.5. The van der Waals surface area contributed by atoms with Crippen molar-refractivity contribution in [3.63, 3.8) is 0 Å². The van der Waals surface area contributed by atoms with E-state index in [1.807, 2.05) is 6.92 Å². The number of hydrogen-bond donors (Lipinski definition) is 2. The Morgan fingerprint density at radius 3 is 2.00 bits per heavy atom. The van der Waals surface area contributed by atoms with E-state index in [1.54, 1.807) is 36.5 Å². The first kappa shape index (κ1) is 19.2. The number of carbonyl (C=O) groups excluding carboxylic acids is 2. The van der Waals surface area contributed by atoms with Crippen LogP contribution in [-0.2, 0) is 0 Å². The Bertz CT molecular complexity index is 738. The molecule has 1 heterocycles. The summed E-state index contributed by atoms with van der Waals surface area (Å²) in [7, 11) is 3.06. The maximum absolute atomic E-state index is 12.2. The second kappa shape index (κ2) is 9.41. The first-order valence-electron chi connectivity index (χ1n) is 8.25. The van der Waals surface area contributed by atoms with Crippen molar-refractivity contribution in [3.8, 4) is 11.5 Å². The molecule has 2 aromatic rings. The molecular weight excluding hydrogens is 334 g/mol. The van der Waals surface area contributed by atoms with Crippen LogP contribution in [0, 0.1) is 6.92 Å². The van der Waals surface area contributed by atoms with E-state index in [-0.39, 0.29) is 11.8 Å². The Kier molecular flexibility index (Phi) is 6.96. The zero-order valence-electron chi connectivity index (χ0n) is 15.2. The van der Waals surface area contributed by atoms with Crippen molar-refractivity contribution in [1.29, 1.82) is 0 Å². The van der Waals surface area contributed by atoms with E-state index >= 15 is 0 Å². The number of nitrogens with zero attached hydrogens (tertiary/aromatic N) is 1. The Labute approximate surface area is 152 Å². The SMILES string of the molecule is COc1cc(OC)cc(C(=O)NCCCNC(=O)c2ccc(C)nc2)c1. The predicted octanol–water partition coefficient (Wildman–Crippen LogP) is 1.96. The number of benzene rings is 1. The van der Waals surface area contributed by atoms with Crippen LogP contribution in [0.2, 0.25) is 0 Å². The van der Waals surface area contributed by atoms with Gasteiger partial charge < -0.3 is 20.1 Å². The van der Waals surface area contributed by atoms with E-state index in [0.29, 0.717) is 42.1 Å². The molecule has 0 radical (unpaired) electrons. The van der Waals surface area contributed by atoms with E-state index in [0.717, 1.165) is 5.69 Å². The van der Waals surface area contributed by atoms with Crippen LogP contribution in [0.25, 0.3) is 0 Å². The monoisotopic (exact) mass is 357 g/mol. The molecule has 7 heteroatoms. The van der Waals surface area contributed by atoms with E-state index in [1.165, 1.54) is 14.2 Å².